The SMILES string of the molecule is CCOc1ccc(Br)cc1C(C)(C)C. The molecule has 0 fully saturated rings. The summed E-state index contributed by atoms with van der Waals surface area (Å²) in [5.41, 5.74) is 1.36. The molecule has 0 bridgehead atoms. The maximum atomic E-state index is 5.60. The number of ether oxygens (including phenoxy) is 1. The van der Waals surface area contributed by atoms with Crippen LogP contribution in [0.1, 0.15) is 33.3 Å². The van der Waals surface area contributed by atoms with E-state index in [0.717, 1.165) is 10.2 Å². The largest absolute Gasteiger partial charge is 0.494 e. The van der Waals surface area contributed by atoms with Gasteiger partial charge in [0.2, 0.25) is 0 Å². The van der Waals surface area contributed by atoms with Gasteiger partial charge in [0.05, 0.1) is 6.61 Å². The summed E-state index contributed by atoms with van der Waals surface area (Å²) in [7, 11) is 0. The van der Waals surface area contributed by atoms with Crippen LogP contribution in [0.3, 0.4) is 0 Å². The van der Waals surface area contributed by atoms with Crippen molar-refractivity contribution >= 4 is 15.9 Å². The van der Waals surface area contributed by atoms with E-state index in [9.17, 15) is 0 Å². The number of rotatable bonds is 2. The van der Waals surface area contributed by atoms with Crippen LogP contribution in [0.2, 0.25) is 0 Å². The standard InChI is InChI=1S/C12H17BrO/c1-5-14-11-7-6-9(13)8-10(11)12(2,3)4/h6-8H,5H2,1-4H3. The van der Waals surface area contributed by atoms with Crippen LogP contribution in [0.25, 0.3) is 0 Å². The quantitative estimate of drug-likeness (QED) is 0.773. The van der Waals surface area contributed by atoms with E-state index in [1.807, 2.05) is 19.1 Å². The molecule has 0 saturated heterocycles. The molecule has 0 unspecified atom stereocenters. The first-order valence-corrected chi connectivity index (χ1v) is 5.67. The fourth-order valence-corrected chi connectivity index (χ4v) is 1.73. The maximum Gasteiger partial charge on any atom is 0.123 e. The Labute approximate surface area is 94.6 Å². The lowest BCUT2D eigenvalue weighted by Gasteiger charge is -2.22. The molecule has 2 heteroatoms. The first-order chi connectivity index (χ1) is 6.45. The fraction of sp³-hybridized carbons (Fsp3) is 0.500. The van der Waals surface area contributed by atoms with Crippen molar-refractivity contribution in [1.82, 2.24) is 0 Å². The Morgan fingerprint density at radius 1 is 1.29 bits per heavy atom. The lowest BCUT2D eigenvalue weighted by molar-refractivity contribution is 0.330. The topological polar surface area (TPSA) is 9.23 Å². The molecular weight excluding hydrogens is 240 g/mol. The number of hydrogen-bond acceptors (Lipinski definition) is 1. The summed E-state index contributed by atoms with van der Waals surface area (Å²) in [6, 6.07) is 6.17. The summed E-state index contributed by atoms with van der Waals surface area (Å²) < 4.78 is 6.70. The average molecular weight is 257 g/mol. The van der Waals surface area contributed by atoms with E-state index in [0.29, 0.717) is 6.61 Å². The molecule has 0 aromatic heterocycles. The van der Waals surface area contributed by atoms with Gasteiger partial charge in [0.15, 0.2) is 0 Å². The number of hydrogen-bond donors (Lipinski definition) is 0. The molecule has 0 atom stereocenters. The van der Waals surface area contributed by atoms with Gasteiger partial charge in [0.25, 0.3) is 0 Å². The van der Waals surface area contributed by atoms with Gasteiger partial charge in [0, 0.05) is 10.0 Å². The fourth-order valence-electron chi connectivity index (χ4n) is 1.37. The van der Waals surface area contributed by atoms with E-state index in [4.69, 9.17) is 4.74 Å². The summed E-state index contributed by atoms with van der Waals surface area (Å²) in [6.45, 7) is 9.30. The zero-order valence-electron chi connectivity index (χ0n) is 9.23. The van der Waals surface area contributed by atoms with Gasteiger partial charge >= 0.3 is 0 Å². The molecule has 1 rings (SSSR count). The second-order valence-electron chi connectivity index (χ2n) is 4.32. The molecule has 0 saturated carbocycles. The molecule has 0 heterocycles. The monoisotopic (exact) mass is 256 g/mol. The molecule has 0 aliphatic heterocycles. The average Bonchev–Trinajstić information content (AvgIpc) is 2.07. The third-order valence-electron chi connectivity index (χ3n) is 2.05. The second kappa shape index (κ2) is 4.35. The number of benzene rings is 1. The van der Waals surface area contributed by atoms with E-state index < -0.39 is 0 Å². The first kappa shape index (κ1) is 11.6. The Hall–Kier alpha value is -0.500. The van der Waals surface area contributed by atoms with Gasteiger partial charge in [-0.3, -0.25) is 0 Å². The van der Waals surface area contributed by atoms with Crippen LogP contribution in [-0.2, 0) is 5.41 Å². The maximum absolute atomic E-state index is 5.60. The lowest BCUT2D eigenvalue weighted by Crippen LogP contribution is -2.13. The van der Waals surface area contributed by atoms with Gasteiger partial charge in [0.1, 0.15) is 5.75 Å². The number of halogens is 1. The summed E-state index contributed by atoms with van der Waals surface area (Å²) in [4.78, 5) is 0. The minimum absolute atomic E-state index is 0.119. The minimum atomic E-state index is 0.119. The van der Waals surface area contributed by atoms with Gasteiger partial charge in [-0.25, -0.2) is 0 Å². The van der Waals surface area contributed by atoms with Crippen molar-refractivity contribution < 1.29 is 4.74 Å². The van der Waals surface area contributed by atoms with Crippen LogP contribution < -0.4 is 4.74 Å². The molecule has 14 heavy (non-hydrogen) atoms. The molecule has 78 valence electrons. The van der Waals surface area contributed by atoms with Crippen LogP contribution in [0.4, 0.5) is 0 Å². The van der Waals surface area contributed by atoms with Crippen molar-refractivity contribution in [2.24, 2.45) is 0 Å². The summed E-state index contributed by atoms with van der Waals surface area (Å²) in [5.74, 6) is 0.989. The Kier molecular flexibility index (Phi) is 3.59. The van der Waals surface area contributed by atoms with Gasteiger partial charge in [-0.1, -0.05) is 36.7 Å². The molecule has 0 amide bonds. The molecule has 1 aromatic carbocycles. The molecule has 0 aliphatic carbocycles. The highest BCUT2D eigenvalue weighted by Gasteiger charge is 2.18. The molecule has 1 aromatic rings. The van der Waals surface area contributed by atoms with Crippen molar-refractivity contribution in [2.75, 3.05) is 6.61 Å². The zero-order chi connectivity index (χ0) is 10.8. The molecule has 0 radical (unpaired) electrons. The normalized spacial score (nSPS) is 11.5. The van der Waals surface area contributed by atoms with E-state index in [1.165, 1.54) is 5.56 Å². The van der Waals surface area contributed by atoms with E-state index in [1.54, 1.807) is 0 Å². The predicted octanol–water partition coefficient (Wildman–Crippen LogP) is 4.15. The van der Waals surface area contributed by atoms with Gasteiger partial charge in [-0.05, 0) is 30.5 Å². The lowest BCUT2D eigenvalue weighted by atomic mass is 9.86. The molecule has 0 spiro atoms. The van der Waals surface area contributed by atoms with E-state index >= 15 is 0 Å². The van der Waals surface area contributed by atoms with E-state index in [2.05, 4.69) is 42.8 Å². The van der Waals surface area contributed by atoms with Gasteiger partial charge in [-0.2, -0.15) is 0 Å². The van der Waals surface area contributed by atoms with Crippen molar-refractivity contribution in [3.05, 3.63) is 28.2 Å². The summed E-state index contributed by atoms with van der Waals surface area (Å²) in [5, 5.41) is 0. The van der Waals surface area contributed by atoms with Crippen molar-refractivity contribution in [1.29, 1.82) is 0 Å². The smallest absolute Gasteiger partial charge is 0.123 e. The first-order valence-electron chi connectivity index (χ1n) is 4.88. The molecule has 0 N–H and O–H groups in total. The highest BCUT2D eigenvalue weighted by molar-refractivity contribution is 9.10. The van der Waals surface area contributed by atoms with Crippen LogP contribution in [0.5, 0.6) is 5.75 Å². The Balaban J connectivity index is 3.16. The van der Waals surface area contributed by atoms with Crippen LogP contribution in [0.15, 0.2) is 22.7 Å². The van der Waals surface area contributed by atoms with Gasteiger partial charge in [-0.15, -0.1) is 0 Å². The highest BCUT2D eigenvalue weighted by Crippen LogP contribution is 2.33. The van der Waals surface area contributed by atoms with Crippen LogP contribution in [0, 0.1) is 0 Å². The van der Waals surface area contributed by atoms with Crippen molar-refractivity contribution in [3.8, 4) is 5.75 Å². The van der Waals surface area contributed by atoms with Crippen LogP contribution in [-0.4, -0.2) is 6.61 Å². The molecular formula is C12H17BrO. The van der Waals surface area contributed by atoms with Crippen molar-refractivity contribution in [3.63, 3.8) is 0 Å². The second-order valence-corrected chi connectivity index (χ2v) is 5.24. The molecule has 0 aliphatic rings. The van der Waals surface area contributed by atoms with E-state index in [-0.39, 0.29) is 5.41 Å². The Bertz CT molecular complexity index is 313. The predicted molar refractivity (Wildman–Crippen MR) is 64.0 cm³/mol. The zero-order valence-corrected chi connectivity index (χ0v) is 10.8. The molecule has 1 nitrogen and oxygen atoms in total. The Morgan fingerprint density at radius 2 is 1.93 bits per heavy atom. The van der Waals surface area contributed by atoms with Crippen molar-refractivity contribution in [2.45, 2.75) is 33.1 Å². The third-order valence-corrected chi connectivity index (χ3v) is 2.54. The summed E-state index contributed by atoms with van der Waals surface area (Å²) >= 11 is 3.48. The third kappa shape index (κ3) is 2.74. The highest BCUT2D eigenvalue weighted by atomic mass is 79.9. The van der Waals surface area contributed by atoms with Gasteiger partial charge < -0.3 is 4.74 Å². The Morgan fingerprint density at radius 3 is 2.43 bits per heavy atom. The summed E-state index contributed by atoms with van der Waals surface area (Å²) in [6.07, 6.45) is 0. The van der Waals surface area contributed by atoms with Crippen LogP contribution >= 0.6 is 15.9 Å². The minimum Gasteiger partial charge on any atom is -0.494 e.